The molecule has 1 aromatic heterocycles. The molecule has 1 aliphatic carbocycles. The van der Waals surface area contributed by atoms with Crippen molar-refractivity contribution in [1.29, 1.82) is 0 Å². The Morgan fingerprint density at radius 1 is 0.413 bits per heavy atom. The Morgan fingerprint density at radius 2 is 0.984 bits per heavy atom. The van der Waals surface area contributed by atoms with Crippen molar-refractivity contribution in [3.05, 3.63) is 173 Å². The molecule has 7 aromatic carbocycles. The zero-order chi connectivity index (χ0) is 44.0. The lowest BCUT2D eigenvalue weighted by atomic mass is 9.82. The van der Waals surface area contributed by atoms with Gasteiger partial charge >= 0.3 is 0 Å². The van der Waals surface area contributed by atoms with Gasteiger partial charge in [0.2, 0.25) is 0 Å². The van der Waals surface area contributed by atoms with Crippen LogP contribution in [0.3, 0.4) is 0 Å². The van der Waals surface area contributed by atoms with Crippen molar-refractivity contribution in [3.63, 3.8) is 0 Å². The molecule has 0 fully saturated rings. The second kappa shape index (κ2) is 13.5. The lowest BCUT2D eigenvalue weighted by molar-refractivity contribution is 0.590. The molecule has 0 saturated carbocycles. The number of hydrogen-bond acceptors (Lipinski definition) is 4. The van der Waals surface area contributed by atoms with E-state index in [1.807, 2.05) is 11.3 Å². The summed E-state index contributed by atoms with van der Waals surface area (Å²) in [6.45, 7) is 25.6. The van der Waals surface area contributed by atoms with E-state index >= 15 is 0 Å². The van der Waals surface area contributed by atoms with Crippen molar-refractivity contribution in [3.8, 4) is 22.3 Å². The number of rotatable bonds is 3. The Labute approximate surface area is 378 Å². The van der Waals surface area contributed by atoms with Crippen LogP contribution in [0.15, 0.2) is 146 Å². The third-order valence-electron chi connectivity index (χ3n) is 14.0. The second-order valence-electron chi connectivity index (χ2n) is 21.6. The van der Waals surface area contributed by atoms with Crippen LogP contribution in [0.2, 0.25) is 0 Å². The predicted octanol–water partition coefficient (Wildman–Crippen LogP) is 17.8. The van der Waals surface area contributed by atoms with Gasteiger partial charge in [0.05, 0.1) is 34.1 Å². The summed E-state index contributed by atoms with van der Waals surface area (Å²) in [4.78, 5) is 7.79. The topological polar surface area (TPSA) is 9.72 Å². The molecule has 4 heteroatoms. The lowest BCUT2D eigenvalue weighted by Gasteiger charge is -2.47. The first-order valence-electron chi connectivity index (χ1n) is 22.6. The highest BCUT2D eigenvalue weighted by Crippen LogP contribution is 2.69. The average molecular weight is 840 g/mol. The Kier molecular flexibility index (Phi) is 8.48. The molecular formula is C59H57N3S. The third kappa shape index (κ3) is 5.97. The van der Waals surface area contributed by atoms with Crippen LogP contribution in [0.4, 0.5) is 50.5 Å². The van der Waals surface area contributed by atoms with Crippen molar-refractivity contribution >= 4 is 71.9 Å². The van der Waals surface area contributed by atoms with E-state index in [1.165, 1.54) is 99.3 Å². The molecule has 314 valence electrons. The molecule has 2 aliphatic heterocycles. The minimum atomic E-state index is -0.105. The minimum Gasteiger partial charge on any atom is -0.306 e. The summed E-state index contributed by atoms with van der Waals surface area (Å²) in [6, 6.07) is 55.8. The summed E-state index contributed by atoms with van der Waals surface area (Å²) >= 11 is 1.94. The summed E-state index contributed by atoms with van der Waals surface area (Å²) in [6.07, 6.45) is 0. The largest absolute Gasteiger partial charge is 0.306 e. The molecule has 8 aromatic rings. The van der Waals surface area contributed by atoms with Crippen molar-refractivity contribution in [2.45, 2.75) is 97.8 Å². The van der Waals surface area contributed by atoms with Crippen molar-refractivity contribution in [2.75, 3.05) is 14.7 Å². The van der Waals surface area contributed by atoms with E-state index in [2.05, 4.69) is 236 Å². The Balaban J connectivity index is 1.28. The maximum atomic E-state index is 2.64. The van der Waals surface area contributed by atoms with Crippen molar-refractivity contribution in [2.24, 2.45) is 0 Å². The van der Waals surface area contributed by atoms with Crippen LogP contribution in [0.25, 0.3) is 32.3 Å². The highest BCUT2D eigenvalue weighted by Gasteiger charge is 2.44. The van der Waals surface area contributed by atoms with E-state index < -0.39 is 0 Å². The van der Waals surface area contributed by atoms with E-state index in [0.29, 0.717) is 0 Å². The quantitative estimate of drug-likeness (QED) is 0.175. The van der Waals surface area contributed by atoms with Gasteiger partial charge in [0, 0.05) is 32.4 Å². The van der Waals surface area contributed by atoms with E-state index in [-0.39, 0.29) is 21.7 Å². The number of nitrogens with zero attached hydrogens (tertiary/aromatic N) is 3. The molecule has 3 aliphatic rings. The van der Waals surface area contributed by atoms with Crippen LogP contribution in [-0.2, 0) is 21.7 Å². The fourth-order valence-electron chi connectivity index (χ4n) is 10.4. The molecule has 11 rings (SSSR count). The molecule has 0 spiro atoms. The summed E-state index contributed by atoms with van der Waals surface area (Å²) in [7, 11) is 0. The maximum Gasteiger partial charge on any atom is 0.126 e. The van der Waals surface area contributed by atoms with Crippen LogP contribution in [0, 0.1) is 0 Å². The van der Waals surface area contributed by atoms with E-state index in [9.17, 15) is 0 Å². The molecule has 0 bridgehead atoms. The second-order valence-corrected chi connectivity index (χ2v) is 22.6. The van der Waals surface area contributed by atoms with Gasteiger partial charge in [-0.25, -0.2) is 0 Å². The molecule has 0 N–H and O–H groups in total. The van der Waals surface area contributed by atoms with Crippen LogP contribution in [0.5, 0.6) is 0 Å². The van der Waals surface area contributed by atoms with Gasteiger partial charge in [-0.2, -0.15) is 0 Å². The van der Waals surface area contributed by atoms with Crippen LogP contribution < -0.4 is 14.7 Å². The standard InChI is InChI=1S/C59H57N3S/c1-56(2,3)37-21-26-40(27-22-37)60-48-31-25-39(58(7,8)9)33-50(48)62-54-49(60)32-30-42(36-17-13-12-14-18-36)52(54)61(41-28-23-38(24-29-41)57(4,5)6)53-45-34-44-43-19-15-16-20-46(43)59(10,11)47(44)35-51(45)63-55(53)62/h12-35H,1-11H3. The van der Waals surface area contributed by atoms with Gasteiger partial charge in [-0.15, -0.1) is 11.3 Å². The molecule has 0 radical (unpaired) electrons. The Bertz CT molecular complexity index is 3130. The Morgan fingerprint density at radius 3 is 1.62 bits per heavy atom. The molecule has 0 unspecified atom stereocenters. The van der Waals surface area contributed by atoms with Crippen molar-refractivity contribution in [1.82, 2.24) is 0 Å². The van der Waals surface area contributed by atoms with E-state index in [0.717, 1.165) is 11.4 Å². The zero-order valence-corrected chi connectivity index (χ0v) is 39.4. The van der Waals surface area contributed by atoms with Crippen molar-refractivity contribution < 1.29 is 0 Å². The smallest absolute Gasteiger partial charge is 0.126 e. The van der Waals surface area contributed by atoms with Gasteiger partial charge < -0.3 is 9.80 Å². The molecule has 63 heavy (non-hydrogen) atoms. The minimum absolute atomic E-state index is 0.0246. The van der Waals surface area contributed by atoms with Gasteiger partial charge in [0.15, 0.2) is 0 Å². The first-order valence-corrected chi connectivity index (χ1v) is 23.4. The number of thiophene rings is 1. The molecule has 0 saturated heterocycles. The van der Waals surface area contributed by atoms with Gasteiger partial charge in [-0.3, -0.25) is 4.90 Å². The summed E-state index contributed by atoms with van der Waals surface area (Å²) in [5.74, 6) is 0. The fourth-order valence-corrected chi connectivity index (χ4v) is 11.6. The maximum absolute atomic E-state index is 2.64. The number of fused-ring (bicyclic) bond motifs is 9. The SMILES string of the molecule is CC(C)(C)c1ccc(N2c3ccc(C(C)(C)C)cc3N3c4sc5cc6c(cc5c4N(c4ccc(C(C)(C)C)cc4)c4c(-c5ccccc5)ccc2c43)-c2ccccc2C6(C)C)cc1. The summed E-state index contributed by atoms with van der Waals surface area (Å²) in [5, 5.41) is 2.53. The number of anilines is 9. The first kappa shape index (κ1) is 39.7. The van der Waals surface area contributed by atoms with Crippen LogP contribution in [-0.4, -0.2) is 0 Å². The first-order chi connectivity index (χ1) is 29.9. The monoisotopic (exact) mass is 839 g/mol. The molecule has 0 atom stereocenters. The van der Waals surface area contributed by atoms with Gasteiger partial charge in [-0.1, -0.05) is 167 Å². The fraction of sp³-hybridized carbons (Fsp3) is 0.254. The summed E-state index contributed by atoms with van der Waals surface area (Å²) in [5.41, 5.74) is 21.3. The third-order valence-corrected chi connectivity index (χ3v) is 15.1. The molecular weight excluding hydrogens is 783 g/mol. The average Bonchev–Trinajstić information content (AvgIpc) is 3.73. The number of hydrogen-bond donors (Lipinski definition) is 0. The number of benzene rings is 7. The molecule has 3 heterocycles. The normalized spacial score (nSPS) is 14.9. The molecule has 3 nitrogen and oxygen atoms in total. The van der Waals surface area contributed by atoms with Gasteiger partial charge in [-0.05, 0) is 115 Å². The highest BCUT2D eigenvalue weighted by molar-refractivity contribution is 7.24. The van der Waals surface area contributed by atoms with E-state index in [4.69, 9.17) is 0 Å². The van der Waals surface area contributed by atoms with Gasteiger partial charge in [0.1, 0.15) is 5.00 Å². The van der Waals surface area contributed by atoms with Gasteiger partial charge in [0.25, 0.3) is 0 Å². The lowest BCUT2D eigenvalue weighted by Crippen LogP contribution is -2.30. The highest BCUT2D eigenvalue weighted by atomic mass is 32.1. The van der Waals surface area contributed by atoms with Crippen LogP contribution >= 0.6 is 11.3 Å². The Hall–Kier alpha value is -6.10. The zero-order valence-electron chi connectivity index (χ0n) is 38.6. The van der Waals surface area contributed by atoms with Crippen LogP contribution in [0.1, 0.15) is 104 Å². The predicted molar refractivity (Wildman–Crippen MR) is 272 cm³/mol. The van der Waals surface area contributed by atoms with E-state index in [1.54, 1.807) is 0 Å². The molecule has 0 amide bonds. The summed E-state index contributed by atoms with van der Waals surface area (Å²) < 4.78 is 1.31.